The minimum absolute atomic E-state index is 0.589. The second kappa shape index (κ2) is 6.75. The molecule has 0 saturated heterocycles. The minimum Gasteiger partial charge on any atom is -0.303 e. The molecule has 0 amide bonds. The molecule has 0 aromatic heterocycles. The third kappa shape index (κ3) is 5.50. The second-order valence-electron chi connectivity index (χ2n) is 3.77. The van der Waals surface area contributed by atoms with Crippen molar-refractivity contribution in [2.75, 3.05) is 20.1 Å². The first-order valence-electron chi connectivity index (χ1n) is 4.80. The van der Waals surface area contributed by atoms with Crippen LogP contribution in [0.1, 0.15) is 27.2 Å². The Hall–Kier alpha value is -0.730. The maximum absolute atomic E-state index is 8.07. The van der Waals surface area contributed by atoms with E-state index >= 15 is 0 Å². The molecule has 13 heavy (non-hydrogen) atoms. The third-order valence-corrected chi connectivity index (χ3v) is 2.49. The van der Waals surface area contributed by atoms with Gasteiger partial charge in [0.1, 0.15) is 0 Å². The summed E-state index contributed by atoms with van der Waals surface area (Å²) in [5, 5.41) is 3.50. The summed E-state index contributed by atoms with van der Waals surface area (Å²) in [5.41, 5.74) is 8.07. The molecule has 0 heterocycles. The molecule has 0 aliphatic carbocycles. The van der Waals surface area contributed by atoms with E-state index in [1.54, 1.807) is 0 Å². The fourth-order valence-corrected chi connectivity index (χ4v) is 1.15. The molecule has 0 aromatic rings. The van der Waals surface area contributed by atoms with Gasteiger partial charge in [0, 0.05) is 17.5 Å². The summed E-state index contributed by atoms with van der Waals surface area (Å²) < 4.78 is 0. The molecular formula is C9H20N4. The second-order valence-corrected chi connectivity index (χ2v) is 3.77. The molecule has 1 atom stereocenters. The van der Waals surface area contributed by atoms with Crippen LogP contribution in [0.15, 0.2) is 5.11 Å². The Kier molecular flexibility index (Phi) is 6.37. The van der Waals surface area contributed by atoms with Gasteiger partial charge in [0.2, 0.25) is 0 Å². The zero-order valence-electron chi connectivity index (χ0n) is 9.06. The Morgan fingerprint density at radius 1 is 1.38 bits per heavy atom. The van der Waals surface area contributed by atoms with E-state index in [1.807, 2.05) is 0 Å². The highest BCUT2D eigenvalue weighted by Gasteiger charge is 2.11. The van der Waals surface area contributed by atoms with Crippen molar-refractivity contribution >= 4 is 0 Å². The van der Waals surface area contributed by atoms with Gasteiger partial charge in [-0.2, -0.15) is 0 Å². The Morgan fingerprint density at radius 3 is 2.46 bits per heavy atom. The Balaban J connectivity index is 3.61. The first-order chi connectivity index (χ1) is 6.09. The van der Waals surface area contributed by atoms with Crippen LogP contribution in [0.5, 0.6) is 0 Å². The van der Waals surface area contributed by atoms with E-state index in [2.05, 4.69) is 42.7 Å². The zero-order valence-corrected chi connectivity index (χ0v) is 9.06. The Morgan fingerprint density at radius 2 is 2.00 bits per heavy atom. The van der Waals surface area contributed by atoms with Gasteiger partial charge in [0.15, 0.2) is 0 Å². The number of rotatable bonds is 6. The lowest BCUT2D eigenvalue weighted by Crippen LogP contribution is -2.34. The number of hydrogen-bond donors (Lipinski definition) is 0. The van der Waals surface area contributed by atoms with E-state index in [0.717, 1.165) is 13.0 Å². The van der Waals surface area contributed by atoms with E-state index in [4.69, 9.17) is 5.53 Å². The van der Waals surface area contributed by atoms with Crippen LogP contribution >= 0.6 is 0 Å². The molecule has 0 radical (unpaired) electrons. The van der Waals surface area contributed by atoms with Crippen molar-refractivity contribution in [2.45, 2.75) is 33.2 Å². The Labute approximate surface area is 80.6 Å². The average molecular weight is 184 g/mol. The highest BCUT2D eigenvalue weighted by atomic mass is 15.1. The first kappa shape index (κ1) is 12.3. The van der Waals surface area contributed by atoms with Crippen molar-refractivity contribution in [3.05, 3.63) is 10.4 Å². The summed E-state index contributed by atoms with van der Waals surface area (Å²) >= 11 is 0. The normalized spacial score (nSPS) is 13.1. The highest BCUT2D eigenvalue weighted by Crippen LogP contribution is 2.07. The lowest BCUT2D eigenvalue weighted by atomic mass is 10.1. The number of nitrogens with zero attached hydrogens (tertiary/aromatic N) is 4. The van der Waals surface area contributed by atoms with Gasteiger partial charge in [-0.05, 0) is 38.4 Å². The van der Waals surface area contributed by atoms with Crippen LogP contribution in [0.2, 0.25) is 0 Å². The van der Waals surface area contributed by atoms with E-state index < -0.39 is 0 Å². The standard InChI is InChI=1S/C9H20N4/c1-8(2)9(3)13(4)7-5-6-11-12-10/h8-9H,5-7H2,1-4H3. The highest BCUT2D eigenvalue weighted by molar-refractivity contribution is 4.66. The van der Waals surface area contributed by atoms with Gasteiger partial charge in [-0.25, -0.2) is 0 Å². The van der Waals surface area contributed by atoms with Crippen molar-refractivity contribution in [1.82, 2.24) is 4.90 Å². The fourth-order valence-electron chi connectivity index (χ4n) is 1.15. The topological polar surface area (TPSA) is 52.0 Å². The van der Waals surface area contributed by atoms with Crippen LogP contribution in [-0.2, 0) is 0 Å². The van der Waals surface area contributed by atoms with Crippen LogP contribution in [0.4, 0.5) is 0 Å². The number of azide groups is 1. The molecule has 0 N–H and O–H groups in total. The molecule has 0 aromatic carbocycles. The summed E-state index contributed by atoms with van der Waals surface area (Å²) in [6.07, 6.45) is 0.942. The smallest absolute Gasteiger partial charge is 0.0270 e. The Bertz CT molecular complexity index is 172. The zero-order chi connectivity index (χ0) is 10.3. The molecule has 0 spiro atoms. The molecule has 76 valence electrons. The predicted molar refractivity (Wildman–Crippen MR) is 55.6 cm³/mol. The monoisotopic (exact) mass is 184 g/mol. The van der Waals surface area contributed by atoms with Gasteiger partial charge < -0.3 is 4.90 Å². The van der Waals surface area contributed by atoms with E-state index in [-0.39, 0.29) is 0 Å². The summed E-state index contributed by atoms with van der Waals surface area (Å²) in [5.74, 6) is 0.671. The van der Waals surface area contributed by atoms with Gasteiger partial charge in [-0.15, -0.1) is 0 Å². The van der Waals surface area contributed by atoms with E-state index in [1.165, 1.54) is 0 Å². The maximum Gasteiger partial charge on any atom is 0.0270 e. The molecule has 1 unspecified atom stereocenters. The average Bonchev–Trinajstić information content (AvgIpc) is 2.10. The van der Waals surface area contributed by atoms with Gasteiger partial charge in [-0.1, -0.05) is 19.0 Å². The predicted octanol–water partition coefficient (Wildman–Crippen LogP) is 2.66. The first-order valence-corrected chi connectivity index (χ1v) is 4.80. The van der Waals surface area contributed by atoms with Gasteiger partial charge in [0.25, 0.3) is 0 Å². The van der Waals surface area contributed by atoms with Crippen LogP contribution in [0.25, 0.3) is 10.4 Å². The lowest BCUT2D eigenvalue weighted by Gasteiger charge is -2.27. The molecule has 0 rings (SSSR count). The maximum atomic E-state index is 8.07. The fraction of sp³-hybridized carbons (Fsp3) is 1.00. The number of hydrogen-bond acceptors (Lipinski definition) is 2. The lowest BCUT2D eigenvalue weighted by molar-refractivity contribution is 0.207. The molecule has 4 heteroatoms. The van der Waals surface area contributed by atoms with Crippen LogP contribution in [0, 0.1) is 5.92 Å². The van der Waals surface area contributed by atoms with Gasteiger partial charge in [0.05, 0.1) is 0 Å². The molecule has 4 nitrogen and oxygen atoms in total. The van der Waals surface area contributed by atoms with Crippen LogP contribution in [-0.4, -0.2) is 31.1 Å². The molecule has 0 fully saturated rings. The largest absolute Gasteiger partial charge is 0.303 e. The van der Waals surface area contributed by atoms with Crippen LogP contribution < -0.4 is 0 Å². The summed E-state index contributed by atoms with van der Waals surface area (Å²) in [6, 6.07) is 0.589. The van der Waals surface area contributed by atoms with E-state index in [9.17, 15) is 0 Å². The van der Waals surface area contributed by atoms with Crippen LogP contribution in [0.3, 0.4) is 0 Å². The van der Waals surface area contributed by atoms with Crippen molar-refractivity contribution in [2.24, 2.45) is 11.0 Å². The summed E-state index contributed by atoms with van der Waals surface area (Å²) in [4.78, 5) is 5.02. The molecule has 0 aliphatic rings. The summed E-state index contributed by atoms with van der Waals surface area (Å²) in [7, 11) is 2.11. The van der Waals surface area contributed by atoms with Crippen molar-refractivity contribution in [3.8, 4) is 0 Å². The van der Waals surface area contributed by atoms with E-state index in [0.29, 0.717) is 18.5 Å². The van der Waals surface area contributed by atoms with Crippen molar-refractivity contribution in [1.29, 1.82) is 0 Å². The quantitative estimate of drug-likeness (QED) is 0.271. The van der Waals surface area contributed by atoms with Gasteiger partial charge in [-0.3, -0.25) is 0 Å². The molecule has 0 bridgehead atoms. The van der Waals surface area contributed by atoms with Crippen molar-refractivity contribution in [3.63, 3.8) is 0 Å². The summed E-state index contributed by atoms with van der Waals surface area (Å²) in [6.45, 7) is 8.26. The molecular weight excluding hydrogens is 164 g/mol. The minimum atomic E-state index is 0.589. The van der Waals surface area contributed by atoms with Gasteiger partial charge >= 0.3 is 0 Å². The SMILES string of the molecule is CC(C)C(C)N(C)CCCN=[N+]=[N-]. The van der Waals surface area contributed by atoms with Crippen molar-refractivity contribution < 1.29 is 0 Å². The molecule has 0 aliphatic heterocycles. The third-order valence-electron chi connectivity index (χ3n) is 2.49. The molecule has 0 saturated carbocycles.